The molecule has 1 fully saturated rings. The Labute approximate surface area is 180 Å². The number of ether oxygens (including phenoxy) is 1. The van der Waals surface area contributed by atoms with Gasteiger partial charge in [0.15, 0.2) is 18.1 Å². The van der Waals surface area contributed by atoms with E-state index in [1.54, 1.807) is 4.90 Å². The maximum absolute atomic E-state index is 12.4. The molecule has 10 nitrogen and oxygen atoms in total. The second kappa shape index (κ2) is 9.98. The normalized spacial score (nSPS) is 14.2. The lowest BCUT2D eigenvalue weighted by Gasteiger charge is -2.34. The Bertz CT molecular complexity index is 952. The molecule has 164 valence electrons. The summed E-state index contributed by atoms with van der Waals surface area (Å²) in [5, 5.41) is 2.97. The minimum Gasteiger partial charge on any atom is -0.451 e. The largest absolute Gasteiger partial charge is 0.451 e. The molecule has 3 rings (SSSR count). The van der Waals surface area contributed by atoms with Crippen LogP contribution in [0.2, 0.25) is 0 Å². The lowest BCUT2D eigenvalue weighted by atomic mass is 10.1. The molecule has 1 saturated heterocycles. The molecule has 0 unspecified atom stereocenters. The van der Waals surface area contributed by atoms with Crippen molar-refractivity contribution in [3.63, 3.8) is 0 Å². The molecule has 0 bridgehead atoms. The molecule has 2 heterocycles. The van der Waals surface area contributed by atoms with E-state index in [1.807, 2.05) is 36.9 Å². The molecule has 0 radical (unpaired) electrons. The predicted octanol–water partition coefficient (Wildman–Crippen LogP) is 0.615. The van der Waals surface area contributed by atoms with Gasteiger partial charge in [0, 0.05) is 44.3 Å². The lowest BCUT2D eigenvalue weighted by Crippen LogP contribution is -2.51. The van der Waals surface area contributed by atoms with Gasteiger partial charge in [0.1, 0.15) is 0 Å². The van der Waals surface area contributed by atoms with Crippen LogP contribution < -0.4 is 11.1 Å². The highest BCUT2D eigenvalue weighted by molar-refractivity contribution is 5.94. The highest BCUT2D eigenvalue weighted by Gasteiger charge is 2.24. The molecule has 3 N–H and O–H groups in total. The number of rotatable bonds is 6. The summed E-state index contributed by atoms with van der Waals surface area (Å²) >= 11 is 0. The first-order valence-corrected chi connectivity index (χ1v) is 9.95. The topological polar surface area (TPSA) is 131 Å². The number of piperazine rings is 1. The van der Waals surface area contributed by atoms with Crippen molar-refractivity contribution in [3.05, 3.63) is 47.4 Å². The van der Waals surface area contributed by atoms with Crippen molar-refractivity contribution >= 4 is 29.3 Å². The number of carbonyl (C=O) groups is 3. The molecule has 0 aliphatic carbocycles. The van der Waals surface area contributed by atoms with Gasteiger partial charge in [-0.05, 0) is 25.0 Å². The summed E-state index contributed by atoms with van der Waals surface area (Å²) < 4.78 is 5.01. The van der Waals surface area contributed by atoms with Crippen LogP contribution in [0, 0.1) is 13.8 Å². The van der Waals surface area contributed by atoms with Crippen LogP contribution in [0.25, 0.3) is 0 Å². The van der Waals surface area contributed by atoms with Gasteiger partial charge in [-0.3, -0.25) is 14.5 Å². The van der Waals surface area contributed by atoms with E-state index >= 15 is 0 Å². The number of amides is 2. The zero-order valence-electron chi connectivity index (χ0n) is 17.6. The molecule has 1 aliphatic heterocycles. The Balaban J connectivity index is 1.43. The van der Waals surface area contributed by atoms with Crippen molar-refractivity contribution in [2.45, 2.75) is 13.8 Å². The molecular weight excluding hydrogens is 400 g/mol. The minimum absolute atomic E-state index is 0.0484. The Kier molecular flexibility index (Phi) is 7.14. The third kappa shape index (κ3) is 5.76. The van der Waals surface area contributed by atoms with Crippen molar-refractivity contribution in [1.29, 1.82) is 0 Å². The number of benzene rings is 1. The summed E-state index contributed by atoms with van der Waals surface area (Å²) in [5.41, 5.74) is 8.34. The number of nitrogens with one attached hydrogen (secondary N) is 1. The molecule has 1 aliphatic rings. The van der Waals surface area contributed by atoms with Gasteiger partial charge in [-0.1, -0.05) is 18.2 Å². The van der Waals surface area contributed by atoms with Crippen molar-refractivity contribution in [3.8, 4) is 0 Å². The zero-order chi connectivity index (χ0) is 22.4. The Morgan fingerprint density at radius 1 is 1.06 bits per heavy atom. The minimum atomic E-state index is -0.791. The molecule has 0 atom stereocenters. The van der Waals surface area contributed by atoms with E-state index in [0.29, 0.717) is 26.2 Å². The summed E-state index contributed by atoms with van der Waals surface area (Å²) in [7, 11) is 0. The van der Waals surface area contributed by atoms with Gasteiger partial charge in [0.2, 0.25) is 5.91 Å². The first kappa shape index (κ1) is 22.2. The van der Waals surface area contributed by atoms with E-state index in [9.17, 15) is 14.4 Å². The number of hydrogen-bond acceptors (Lipinski definition) is 8. The van der Waals surface area contributed by atoms with Crippen LogP contribution in [-0.2, 0) is 14.3 Å². The molecule has 2 aromatic rings. The molecule has 1 aromatic heterocycles. The van der Waals surface area contributed by atoms with E-state index in [4.69, 9.17) is 10.5 Å². The van der Waals surface area contributed by atoms with Gasteiger partial charge in [0.05, 0.1) is 6.54 Å². The van der Waals surface area contributed by atoms with Crippen molar-refractivity contribution in [2.24, 2.45) is 0 Å². The summed E-state index contributed by atoms with van der Waals surface area (Å²) in [6, 6.07) is 5.87. The van der Waals surface area contributed by atoms with Crippen LogP contribution in [0.4, 0.5) is 11.5 Å². The van der Waals surface area contributed by atoms with Crippen LogP contribution in [0.15, 0.2) is 30.6 Å². The maximum Gasteiger partial charge on any atom is 0.361 e. The molecule has 2 amide bonds. The smallest absolute Gasteiger partial charge is 0.361 e. The number of nitrogens with zero attached hydrogens (tertiary/aromatic N) is 4. The van der Waals surface area contributed by atoms with Gasteiger partial charge in [-0.2, -0.15) is 0 Å². The first-order chi connectivity index (χ1) is 14.8. The van der Waals surface area contributed by atoms with E-state index in [2.05, 4.69) is 15.3 Å². The number of esters is 1. The van der Waals surface area contributed by atoms with Crippen molar-refractivity contribution in [2.75, 3.05) is 50.4 Å². The highest BCUT2D eigenvalue weighted by Crippen LogP contribution is 2.19. The Morgan fingerprint density at radius 2 is 1.71 bits per heavy atom. The molecule has 10 heteroatoms. The lowest BCUT2D eigenvalue weighted by molar-refractivity contribution is -0.136. The fraction of sp³-hybridized carbons (Fsp3) is 0.381. The number of nitrogen functional groups attached to an aromatic ring is 1. The fourth-order valence-electron chi connectivity index (χ4n) is 3.34. The van der Waals surface area contributed by atoms with Gasteiger partial charge >= 0.3 is 5.97 Å². The number of anilines is 2. The second-order valence-electron chi connectivity index (χ2n) is 7.34. The predicted molar refractivity (Wildman–Crippen MR) is 114 cm³/mol. The standard InChI is InChI=1S/C21H26N6O4/c1-14-4-3-5-15(2)18(14)25-16(28)12-26-8-10-27(11-9-26)17(29)13-31-21(30)19-20(22)24-7-6-23-19/h3-7H,8-13H2,1-2H3,(H2,22,24)(H,25,28). The van der Waals surface area contributed by atoms with Crippen molar-refractivity contribution in [1.82, 2.24) is 19.8 Å². The average molecular weight is 426 g/mol. The number of carbonyl (C=O) groups excluding carboxylic acids is 3. The Morgan fingerprint density at radius 3 is 2.35 bits per heavy atom. The molecule has 31 heavy (non-hydrogen) atoms. The SMILES string of the molecule is Cc1cccc(C)c1NC(=O)CN1CCN(C(=O)COC(=O)c2nccnc2N)CC1. The zero-order valence-corrected chi connectivity index (χ0v) is 17.6. The van der Waals surface area contributed by atoms with E-state index in [1.165, 1.54) is 12.4 Å². The number of aromatic nitrogens is 2. The van der Waals surface area contributed by atoms with E-state index in [0.717, 1.165) is 16.8 Å². The fourth-order valence-corrected chi connectivity index (χ4v) is 3.34. The third-order valence-electron chi connectivity index (χ3n) is 5.08. The van der Waals surface area contributed by atoms with E-state index < -0.39 is 12.6 Å². The highest BCUT2D eigenvalue weighted by atomic mass is 16.5. The average Bonchev–Trinajstić information content (AvgIpc) is 2.75. The van der Waals surface area contributed by atoms with Crippen LogP contribution in [0.1, 0.15) is 21.6 Å². The van der Waals surface area contributed by atoms with Gasteiger partial charge in [-0.25, -0.2) is 14.8 Å². The van der Waals surface area contributed by atoms with Crippen LogP contribution in [0.3, 0.4) is 0 Å². The third-order valence-corrected chi connectivity index (χ3v) is 5.08. The summed E-state index contributed by atoms with van der Waals surface area (Å²) in [4.78, 5) is 47.9. The van der Waals surface area contributed by atoms with Crippen molar-refractivity contribution < 1.29 is 19.1 Å². The second-order valence-corrected chi connectivity index (χ2v) is 7.34. The maximum atomic E-state index is 12.4. The number of hydrogen-bond donors (Lipinski definition) is 2. The van der Waals surface area contributed by atoms with Gasteiger partial charge in [0.25, 0.3) is 5.91 Å². The monoisotopic (exact) mass is 426 g/mol. The summed E-state index contributed by atoms with van der Waals surface area (Å²) in [6.45, 7) is 5.75. The quantitative estimate of drug-likeness (QED) is 0.643. The van der Waals surface area contributed by atoms with Crippen LogP contribution in [-0.4, -0.2) is 76.9 Å². The molecule has 1 aromatic carbocycles. The van der Waals surface area contributed by atoms with Crippen LogP contribution >= 0.6 is 0 Å². The Hall–Kier alpha value is -3.53. The van der Waals surface area contributed by atoms with E-state index in [-0.39, 0.29) is 29.9 Å². The molecule has 0 spiro atoms. The summed E-state index contributed by atoms with van der Waals surface area (Å²) in [5.74, 6) is -1.24. The van der Waals surface area contributed by atoms with Crippen LogP contribution in [0.5, 0.6) is 0 Å². The van der Waals surface area contributed by atoms with Gasteiger partial charge in [-0.15, -0.1) is 0 Å². The summed E-state index contributed by atoms with van der Waals surface area (Å²) in [6.07, 6.45) is 2.68. The first-order valence-electron chi connectivity index (χ1n) is 9.95. The van der Waals surface area contributed by atoms with Gasteiger partial charge < -0.3 is 20.7 Å². The number of para-hydroxylation sites is 1. The number of aryl methyl sites for hydroxylation is 2. The molecule has 0 saturated carbocycles. The molecular formula is C21H26N6O4. The number of nitrogens with two attached hydrogens (primary N) is 1.